The largest absolute Gasteiger partial charge is 0.508 e. The lowest BCUT2D eigenvalue weighted by Gasteiger charge is -2.34. The zero-order valence-electron chi connectivity index (χ0n) is 16.7. The van der Waals surface area contributed by atoms with E-state index in [1.807, 2.05) is 4.90 Å². The molecule has 1 atom stereocenters. The maximum Gasteiger partial charge on any atom is 0.417 e. The molecule has 31 heavy (non-hydrogen) atoms. The molecular formula is C22H22ClF3N2O3. The molecule has 2 N–H and O–H groups in total. The van der Waals surface area contributed by atoms with Gasteiger partial charge in [0.05, 0.1) is 16.6 Å². The van der Waals surface area contributed by atoms with Crippen LogP contribution in [0.2, 0.25) is 5.02 Å². The lowest BCUT2D eigenvalue weighted by Crippen LogP contribution is -2.47. The summed E-state index contributed by atoms with van der Waals surface area (Å²) in [6, 6.07) is 8.77. The highest BCUT2D eigenvalue weighted by molar-refractivity contribution is 6.31. The van der Waals surface area contributed by atoms with Gasteiger partial charge in [-0.25, -0.2) is 0 Å². The van der Waals surface area contributed by atoms with Crippen molar-refractivity contribution in [2.75, 3.05) is 18.4 Å². The lowest BCUT2D eigenvalue weighted by atomic mass is 9.88. The number of alkyl halides is 3. The van der Waals surface area contributed by atoms with Crippen molar-refractivity contribution >= 4 is 29.0 Å². The molecule has 0 saturated carbocycles. The van der Waals surface area contributed by atoms with Crippen LogP contribution >= 0.6 is 11.6 Å². The Hall–Kier alpha value is -2.58. The number of piperidine rings is 1. The van der Waals surface area contributed by atoms with E-state index in [1.54, 1.807) is 19.1 Å². The molecule has 2 aromatic carbocycles. The Morgan fingerprint density at radius 3 is 2.32 bits per heavy atom. The van der Waals surface area contributed by atoms with Crippen LogP contribution in [0.3, 0.4) is 0 Å². The lowest BCUT2D eigenvalue weighted by molar-refractivity contribution is -0.137. The van der Waals surface area contributed by atoms with Crippen molar-refractivity contribution in [3.8, 4) is 5.75 Å². The van der Waals surface area contributed by atoms with E-state index in [0.717, 1.165) is 12.1 Å². The first-order valence-corrected chi connectivity index (χ1v) is 10.2. The summed E-state index contributed by atoms with van der Waals surface area (Å²) in [6.07, 6.45) is -3.48. The van der Waals surface area contributed by atoms with Gasteiger partial charge < -0.3 is 10.4 Å². The molecule has 1 heterocycles. The minimum absolute atomic E-state index is 0.00222. The van der Waals surface area contributed by atoms with Gasteiger partial charge in [0.15, 0.2) is 5.78 Å². The van der Waals surface area contributed by atoms with Gasteiger partial charge in [0.1, 0.15) is 5.75 Å². The first kappa shape index (κ1) is 23.1. The third-order valence-corrected chi connectivity index (χ3v) is 5.85. The minimum atomic E-state index is -4.62. The Labute approximate surface area is 182 Å². The average molecular weight is 455 g/mol. The summed E-state index contributed by atoms with van der Waals surface area (Å²) < 4.78 is 39.0. The Morgan fingerprint density at radius 1 is 1.13 bits per heavy atom. The fraction of sp³-hybridized carbons (Fsp3) is 0.364. The molecule has 3 rings (SSSR count). The van der Waals surface area contributed by atoms with Crippen molar-refractivity contribution in [1.29, 1.82) is 0 Å². The van der Waals surface area contributed by atoms with Crippen LogP contribution in [-0.2, 0) is 11.0 Å². The van der Waals surface area contributed by atoms with Gasteiger partial charge in [0, 0.05) is 17.2 Å². The van der Waals surface area contributed by atoms with Crippen LogP contribution in [0.5, 0.6) is 5.75 Å². The number of hydrogen-bond acceptors (Lipinski definition) is 4. The molecule has 0 aliphatic carbocycles. The number of likely N-dealkylation sites (tertiary alicyclic amines) is 1. The molecule has 0 bridgehead atoms. The number of nitrogens with zero attached hydrogens (tertiary/aromatic N) is 1. The highest BCUT2D eigenvalue weighted by atomic mass is 35.5. The zero-order chi connectivity index (χ0) is 22.8. The van der Waals surface area contributed by atoms with E-state index in [1.165, 1.54) is 18.2 Å². The van der Waals surface area contributed by atoms with Gasteiger partial charge in [-0.15, -0.1) is 0 Å². The summed E-state index contributed by atoms with van der Waals surface area (Å²) in [7, 11) is 0. The number of halogens is 4. The van der Waals surface area contributed by atoms with Crippen molar-refractivity contribution < 1.29 is 27.9 Å². The number of benzene rings is 2. The molecule has 1 fully saturated rings. The molecule has 1 aliphatic rings. The van der Waals surface area contributed by atoms with E-state index in [2.05, 4.69) is 5.32 Å². The van der Waals surface area contributed by atoms with Crippen LogP contribution in [0.25, 0.3) is 0 Å². The van der Waals surface area contributed by atoms with Gasteiger partial charge in [0.2, 0.25) is 5.91 Å². The van der Waals surface area contributed by atoms with Crippen LogP contribution in [-0.4, -0.2) is 40.8 Å². The predicted molar refractivity (Wildman–Crippen MR) is 111 cm³/mol. The topological polar surface area (TPSA) is 69.6 Å². The predicted octanol–water partition coefficient (Wildman–Crippen LogP) is 4.99. The van der Waals surface area contributed by atoms with Gasteiger partial charge in [-0.05, 0) is 75.3 Å². The van der Waals surface area contributed by atoms with E-state index in [-0.39, 0.29) is 23.1 Å². The summed E-state index contributed by atoms with van der Waals surface area (Å²) in [5, 5.41) is 11.4. The summed E-state index contributed by atoms with van der Waals surface area (Å²) in [6.45, 7) is 2.70. The van der Waals surface area contributed by atoms with Crippen LogP contribution in [0, 0.1) is 5.92 Å². The van der Waals surface area contributed by atoms with Crippen molar-refractivity contribution in [1.82, 2.24) is 4.90 Å². The second-order valence-electron chi connectivity index (χ2n) is 7.58. The molecular weight excluding hydrogens is 433 g/mol. The number of rotatable bonds is 5. The summed E-state index contributed by atoms with van der Waals surface area (Å²) in [4.78, 5) is 27.1. The number of Topliss-reactive ketones (excluding diaryl/α,β-unsaturated/α-hetero) is 1. The number of hydrogen-bond donors (Lipinski definition) is 2. The summed E-state index contributed by atoms with van der Waals surface area (Å²) in [5.41, 5.74) is -0.454. The highest BCUT2D eigenvalue weighted by Gasteiger charge is 2.34. The molecule has 166 valence electrons. The number of carbonyl (C=O) groups is 2. The Balaban J connectivity index is 1.58. The number of anilines is 1. The number of phenolic OH excluding ortho intramolecular Hbond substituents is 1. The zero-order valence-corrected chi connectivity index (χ0v) is 17.5. The van der Waals surface area contributed by atoms with Gasteiger partial charge >= 0.3 is 6.18 Å². The van der Waals surface area contributed by atoms with Crippen LogP contribution in [0.4, 0.5) is 18.9 Å². The third kappa shape index (κ3) is 5.57. The summed E-state index contributed by atoms with van der Waals surface area (Å²) >= 11 is 5.61. The number of phenols is 1. The molecule has 2 aromatic rings. The van der Waals surface area contributed by atoms with Crippen LogP contribution in [0.15, 0.2) is 42.5 Å². The van der Waals surface area contributed by atoms with Crippen molar-refractivity contribution in [3.05, 3.63) is 58.6 Å². The maximum atomic E-state index is 13.0. The van der Waals surface area contributed by atoms with E-state index in [0.29, 0.717) is 31.5 Å². The van der Waals surface area contributed by atoms with E-state index >= 15 is 0 Å². The third-order valence-electron chi connectivity index (χ3n) is 5.52. The molecule has 0 unspecified atom stereocenters. The molecule has 1 aliphatic heterocycles. The molecule has 1 amide bonds. The molecule has 5 nitrogen and oxygen atoms in total. The fourth-order valence-electron chi connectivity index (χ4n) is 3.64. The van der Waals surface area contributed by atoms with E-state index in [4.69, 9.17) is 11.6 Å². The standard InChI is InChI=1S/C22H22ClF3N2O3/c1-13(21(31)27-16-4-7-19(23)18(12-16)22(24,25)26)28-10-8-15(9-11-28)20(30)14-2-5-17(29)6-3-14/h2-7,12-13,15,29H,8-11H2,1H3,(H,27,31)/t13-/m0/s1. The van der Waals surface area contributed by atoms with Crippen molar-refractivity contribution in [2.24, 2.45) is 5.92 Å². The SMILES string of the molecule is C[C@@H](C(=O)Nc1ccc(Cl)c(C(F)(F)F)c1)N1CCC(C(=O)c2ccc(O)cc2)CC1. The minimum Gasteiger partial charge on any atom is -0.508 e. The van der Waals surface area contributed by atoms with Gasteiger partial charge in [-0.1, -0.05) is 11.6 Å². The smallest absolute Gasteiger partial charge is 0.417 e. The highest BCUT2D eigenvalue weighted by Crippen LogP contribution is 2.36. The van der Waals surface area contributed by atoms with Crippen molar-refractivity contribution in [3.63, 3.8) is 0 Å². The molecule has 1 saturated heterocycles. The quantitative estimate of drug-likeness (QED) is 0.625. The van der Waals surface area contributed by atoms with Crippen LogP contribution in [0.1, 0.15) is 35.7 Å². The monoisotopic (exact) mass is 454 g/mol. The normalized spacial score (nSPS) is 16.7. The first-order chi connectivity index (χ1) is 14.6. The first-order valence-electron chi connectivity index (χ1n) is 9.81. The number of nitrogens with one attached hydrogen (secondary N) is 1. The van der Waals surface area contributed by atoms with E-state index in [9.17, 15) is 27.9 Å². The molecule has 0 radical (unpaired) electrons. The second-order valence-corrected chi connectivity index (χ2v) is 7.99. The Bertz CT molecular complexity index is 955. The molecule has 0 spiro atoms. The Morgan fingerprint density at radius 2 is 1.74 bits per heavy atom. The van der Waals surface area contributed by atoms with Gasteiger partial charge in [0.25, 0.3) is 0 Å². The molecule has 9 heteroatoms. The number of amides is 1. The van der Waals surface area contributed by atoms with Crippen LogP contribution < -0.4 is 5.32 Å². The number of carbonyl (C=O) groups excluding carboxylic acids is 2. The number of ketones is 1. The Kier molecular flexibility index (Phi) is 6.91. The number of aromatic hydroxyl groups is 1. The van der Waals surface area contributed by atoms with Gasteiger partial charge in [-0.3, -0.25) is 14.5 Å². The summed E-state index contributed by atoms with van der Waals surface area (Å²) in [5.74, 6) is -0.521. The maximum absolute atomic E-state index is 13.0. The molecule has 0 aromatic heterocycles. The fourth-order valence-corrected chi connectivity index (χ4v) is 3.87. The van der Waals surface area contributed by atoms with Gasteiger partial charge in [-0.2, -0.15) is 13.2 Å². The average Bonchev–Trinajstić information content (AvgIpc) is 2.74. The van der Waals surface area contributed by atoms with E-state index < -0.39 is 28.7 Å². The van der Waals surface area contributed by atoms with Crippen molar-refractivity contribution in [2.45, 2.75) is 32.0 Å². The second kappa shape index (κ2) is 9.28.